The van der Waals surface area contributed by atoms with Crippen LogP contribution in [0.5, 0.6) is 0 Å². The van der Waals surface area contributed by atoms with Crippen LogP contribution in [0, 0.1) is 0 Å². The minimum atomic E-state index is -3.58. The minimum Gasteiger partial charge on any atom is -0.448 e. The summed E-state index contributed by atoms with van der Waals surface area (Å²) >= 11 is 0. The molecule has 76 valence electrons. The summed E-state index contributed by atoms with van der Waals surface area (Å²) in [5.41, 5.74) is 4.68. The molecular formula is C5H10N2O5S. The van der Waals surface area contributed by atoms with E-state index in [4.69, 9.17) is 0 Å². The van der Waals surface area contributed by atoms with E-state index in [-0.39, 0.29) is 26.3 Å². The number of carbonyl (C=O) groups is 1. The summed E-state index contributed by atoms with van der Waals surface area (Å²) in [5.74, 6) is 0. The summed E-state index contributed by atoms with van der Waals surface area (Å²) in [6, 6.07) is 0. The van der Waals surface area contributed by atoms with Gasteiger partial charge in [0.05, 0.1) is 13.2 Å². The average molecular weight is 210 g/mol. The largest absolute Gasteiger partial charge is 0.448 e. The van der Waals surface area contributed by atoms with E-state index < -0.39 is 16.4 Å². The standard InChI is InChI=1S/C5H10N2O5S/c6-5(8)11-3-1-7-2-4-12-13(7,9)10/h1-4H2,(H2,6,8). The second kappa shape index (κ2) is 3.90. The molecule has 0 unspecified atom stereocenters. The highest BCUT2D eigenvalue weighted by Crippen LogP contribution is 2.09. The Morgan fingerprint density at radius 1 is 1.62 bits per heavy atom. The molecule has 0 aliphatic carbocycles. The number of rotatable bonds is 3. The van der Waals surface area contributed by atoms with Gasteiger partial charge in [0.25, 0.3) is 0 Å². The van der Waals surface area contributed by atoms with Gasteiger partial charge in [-0.2, -0.15) is 12.7 Å². The summed E-state index contributed by atoms with van der Waals surface area (Å²) in [4.78, 5) is 10.1. The molecule has 0 spiro atoms. The van der Waals surface area contributed by atoms with Gasteiger partial charge in [-0.05, 0) is 0 Å². The number of carbonyl (C=O) groups excluding carboxylic acids is 1. The van der Waals surface area contributed by atoms with Crippen LogP contribution < -0.4 is 5.73 Å². The fraction of sp³-hybridized carbons (Fsp3) is 0.800. The molecule has 1 heterocycles. The topological polar surface area (TPSA) is 98.9 Å². The van der Waals surface area contributed by atoms with Crippen LogP contribution in [0.15, 0.2) is 0 Å². The lowest BCUT2D eigenvalue weighted by atomic mass is 10.6. The van der Waals surface area contributed by atoms with Crippen molar-refractivity contribution in [3.05, 3.63) is 0 Å². The molecule has 1 fully saturated rings. The predicted molar refractivity (Wildman–Crippen MR) is 42.0 cm³/mol. The van der Waals surface area contributed by atoms with Gasteiger partial charge in [-0.1, -0.05) is 0 Å². The molecule has 7 nitrogen and oxygen atoms in total. The summed E-state index contributed by atoms with van der Waals surface area (Å²) in [5, 5.41) is 0. The van der Waals surface area contributed by atoms with E-state index in [0.717, 1.165) is 4.31 Å². The van der Waals surface area contributed by atoms with Crippen molar-refractivity contribution in [2.45, 2.75) is 0 Å². The van der Waals surface area contributed by atoms with Gasteiger partial charge in [0, 0.05) is 6.54 Å². The van der Waals surface area contributed by atoms with Crippen molar-refractivity contribution in [1.29, 1.82) is 0 Å². The third-order valence-corrected chi connectivity index (χ3v) is 2.94. The van der Waals surface area contributed by atoms with Crippen molar-refractivity contribution >= 4 is 16.4 Å². The number of hydrogen-bond acceptors (Lipinski definition) is 5. The maximum absolute atomic E-state index is 11.0. The number of nitrogens with zero attached hydrogens (tertiary/aromatic N) is 1. The minimum absolute atomic E-state index is 0.0576. The molecule has 0 aromatic rings. The molecule has 1 aliphatic heterocycles. The second-order valence-corrected chi connectivity index (χ2v) is 3.95. The van der Waals surface area contributed by atoms with Crippen LogP contribution >= 0.6 is 0 Å². The summed E-state index contributed by atoms with van der Waals surface area (Å²) in [6.07, 6.45) is -0.919. The van der Waals surface area contributed by atoms with Crippen LogP contribution in [0.25, 0.3) is 0 Å². The van der Waals surface area contributed by atoms with Crippen molar-refractivity contribution < 1.29 is 22.1 Å². The molecule has 0 atom stereocenters. The number of amides is 1. The van der Waals surface area contributed by atoms with Crippen molar-refractivity contribution in [2.24, 2.45) is 5.73 Å². The van der Waals surface area contributed by atoms with Crippen LogP contribution in [-0.4, -0.2) is 45.1 Å². The molecule has 1 saturated heterocycles. The maximum atomic E-state index is 11.0. The third kappa shape index (κ3) is 2.83. The second-order valence-electron chi connectivity index (χ2n) is 2.35. The highest BCUT2D eigenvalue weighted by atomic mass is 32.2. The van der Waals surface area contributed by atoms with Crippen LogP contribution in [0.3, 0.4) is 0 Å². The van der Waals surface area contributed by atoms with Crippen LogP contribution in [0.1, 0.15) is 0 Å². The predicted octanol–water partition coefficient (Wildman–Crippen LogP) is -1.34. The zero-order valence-electron chi connectivity index (χ0n) is 6.80. The molecule has 1 rings (SSSR count). The molecule has 8 heteroatoms. The van der Waals surface area contributed by atoms with Crippen molar-refractivity contribution in [1.82, 2.24) is 4.31 Å². The summed E-state index contributed by atoms with van der Waals surface area (Å²) < 4.78 is 31.8. The third-order valence-electron chi connectivity index (χ3n) is 1.47. The van der Waals surface area contributed by atoms with Gasteiger partial charge in [-0.25, -0.2) is 4.79 Å². The van der Waals surface area contributed by atoms with Crippen molar-refractivity contribution in [2.75, 3.05) is 26.3 Å². The molecule has 0 bridgehead atoms. The first-order valence-electron chi connectivity index (χ1n) is 3.59. The monoisotopic (exact) mass is 210 g/mol. The Morgan fingerprint density at radius 2 is 2.31 bits per heavy atom. The molecule has 2 N–H and O–H groups in total. The molecule has 0 aromatic carbocycles. The fourth-order valence-electron chi connectivity index (χ4n) is 0.902. The van der Waals surface area contributed by atoms with E-state index in [9.17, 15) is 13.2 Å². The molecule has 0 radical (unpaired) electrons. The first-order chi connectivity index (χ1) is 6.02. The van der Waals surface area contributed by atoms with E-state index in [2.05, 4.69) is 14.7 Å². The molecule has 0 saturated carbocycles. The zero-order chi connectivity index (χ0) is 9.90. The van der Waals surface area contributed by atoms with Gasteiger partial charge < -0.3 is 10.5 Å². The Bertz CT molecular complexity index is 287. The van der Waals surface area contributed by atoms with Crippen molar-refractivity contribution in [3.63, 3.8) is 0 Å². The Morgan fingerprint density at radius 3 is 2.77 bits per heavy atom. The van der Waals surface area contributed by atoms with Gasteiger partial charge in [-0.15, -0.1) is 0 Å². The highest BCUT2D eigenvalue weighted by Gasteiger charge is 2.28. The quantitative estimate of drug-likeness (QED) is 0.621. The number of hydrogen-bond donors (Lipinski definition) is 1. The summed E-state index contributed by atoms with van der Waals surface area (Å²) in [6.45, 7) is 0.437. The SMILES string of the molecule is NC(=O)OCCN1CCOS1(=O)=O. The zero-order valence-corrected chi connectivity index (χ0v) is 7.62. The number of primary amides is 1. The van der Waals surface area contributed by atoms with Crippen molar-refractivity contribution in [3.8, 4) is 0 Å². The molecule has 13 heavy (non-hydrogen) atoms. The normalized spacial score (nSPS) is 21.5. The Labute approximate surface area is 75.7 Å². The fourth-order valence-corrected chi connectivity index (χ4v) is 1.93. The van der Waals surface area contributed by atoms with Crippen LogP contribution in [0.2, 0.25) is 0 Å². The summed E-state index contributed by atoms with van der Waals surface area (Å²) in [7, 11) is -3.58. The first kappa shape index (κ1) is 10.2. The van der Waals surface area contributed by atoms with E-state index in [1.807, 2.05) is 0 Å². The molecule has 0 aromatic heterocycles. The first-order valence-corrected chi connectivity index (χ1v) is 4.95. The molecular weight excluding hydrogens is 200 g/mol. The van der Waals surface area contributed by atoms with Gasteiger partial charge in [0.2, 0.25) is 0 Å². The van der Waals surface area contributed by atoms with E-state index in [0.29, 0.717) is 0 Å². The van der Waals surface area contributed by atoms with E-state index in [1.54, 1.807) is 0 Å². The number of nitrogens with two attached hydrogens (primary N) is 1. The van der Waals surface area contributed by atoms with E-state index >= 15 is 0 Å². The molecule has 1 aliphatic rings. The molecule has 1 amide bonds. The Kier molecular flexibility index (Phi) is 3.07. The van der Waals surface area contributed by atoms with Crippen LogP contribution in [0.4, 0.5) is 4.79 Å². The highest BCUT2D eigenvalue weighted by molar-refractivity contribution is 7.84. The van der Waals surface area contributed by atoms with E-state index in [1.165, 1.54) is 0 Å². The lowest BCUT2D eigenvalue weighted by molar-refractivity contribution is 0.150. The maximum Gasteiger partial charge on any atom is 0.404 e. The lowest BCUT2D eigenvalue weighted by Crippen LogP contribution is -2.30. The van der Waals surface area contributed by atoms with Gasteiger partial charge in [0.1, 0.15) is 6.61 Å². The lowest BCUT2D eigenvalue weighted by Gasteiger charge is -2.10. The average Bonchev–Trinajstić information content (AvgIpc) is 2.30. The smallest absolute Gasteiger partial charge is 0.404 e. The Hall–Kier alpha value is -0.860. The van der Waals surface area contributed by atoms with Gasteiger partial charge in [0.15, 0.2) is 0 Å². The van der Waals surface area contributed by atoms with Gasteiger partial charge in [-0.3, -0.25) is 4.18 Å². The number of ether oxygens (including phenoxy) is 1. The van der Waals surface area contributed by atoms with Crippen LogP contribution in [-0.2, 0) is 19.2 Å². The van der Waals surface area contributed by atoms with Gasteiger partial charge >= 0.3 is 16.4 Å². The Balaban J connectivity index is 2.33.